The summed E-state index contributed by atoms with van der Waals surface area (Å²) in [5.41, 5.74) is 1.49. The average molecular weight is 171 g/mol. The van der Waals surface area contributed by atoms with Gasteiger partial charge in [-0.05, 0) is 44.1 Å². The summed E-state index contributed by atoms with van der Waals surface area (Å²) in [5, 5.41) is 3.22. The van der Waals surface area contributed by atoms with Crippen LogP contribution < -0.4 is 5.32 Å². The van der Waals surface area contributed by atoms with Gasteiger partial charge >= 0.3 is 0 Å². The van der Waals surface area contributed by atoms with Crippen molar-refractivity contribution in [3.63, 3.8) is 0 Å². The summed E-state index contributed by atoms with van der Waals surface area (Å²) in [4.78, 5) is 1.32. The second-order valence-electron chi connectivity index (χ2n) is 3.28. The van der Waals surface area contributed by atoms with E-state index in [0.717, 1.165) is 12.5 Å². The minimum absolute atomic E-state index is 0.737. The molecule has 0 saturated carbocycles. The molecule has 0 amide bonds. The molecule has 2 heteroatoms. The lowest BCUT2D eigenvalue weighted by Gasteiger charge is -2.24. The summed E-state index contributed by atoms with van der Waals surface area (Å²) in [5.74, 6) is 0.737. The third kappa shape index (κ3) is 2.24. The second kappa shape index (κ2) is 4.17. The van der Waals surface area contributed by atoms with Crippen LogP contribution in [0.1, 0.15) is 26.2 Å². The summed E-state index contributed by atoms with van der Waals surface area (Å²) in [6, 6.07) is 0. The van der Waals surface area contributed by atoms with Crippen LogP contribution in [-0.2, 0) is 0 Å². The third-order valence-electron chi connectivity index (χ3n) is 2.48. The molecule has 0 aliphatic heterocycles. The van der Waals surface area contributed by atoms with E-state index >= 15 is 0 Å². The first-order chi connectivity index (χ1) is 5.25. The molecule has 1 nitrogen and oxygen atoms in total. The van der Waals surface area contributed by atoms with Gasteiger partial charge in [-0.2, -0.15) is 0 Å². The average Bonchev–Trinajstić information content (AvgIpc) is 1.99. The molecule has 1 atom stereocenters. The van der Waals surface area contributed by atoms with Crippen molar-refractivity contribution in [3.8, 4) is 0 Å². The van der Waals surface area contributed by atoms with E-state index < -0.39 is 0 Å². The van der Waals surface area contributed by atoms with Crippen LogP contribution in [0.25, 0.3) is 0 Å². The van der Waals surface area contributed by atoms with Crippen LogP contribution in [0.4, 0.5) is 0 Å². The van der Waals surface area contributed by atoms with Crippen molar-refractivity contribution in [1.82, 2.24) is 5.32 Å². The van der Waals surface area contributed by atoms with Crippen molar-refractivity contribution in [2.45, 2.75) is 26.2 Å². The summed E-state index contributed by atoms with van der Waals surface area (Å²) in [7, 11) is 2.01. The Morgan fingerprint density at radius 3 is 3.00 bits per heavy atom. The quantitative estimate of drug-likeness (QED) is 0.607. The highest BCUT2D eigenvalue weighted by atomic mass is 32.1. The molecule has 1 rings (SSSR count). The molecule has 0 aromatic carbocycles. The third-order valence-corrected chi connectivity index (χ3v) is 3.06. The molecule has 1 unspecified atom stereocenters. The van der Waals surface area contributed by atoms with Crippen LogP contribution in [0.3, 0.4) is 0 Å². The van der Waals surface area contributed by atoms with Crippen LogP contribution >= 0.6 is 12.6 Å². The lowest BCUT2D eigenvalue weighted by molar-refractivity contribution is 0.486. The molecule has 0 radical (unpaired) electrons. The number of hydrogen-bond donors (Lipinski definition) is 2. The first-order valence-electron chi connectivity index (χ1n) is 4.29. The molecular weight excluding hydrogens is 154 g/mol. The number of nitrogens with one attached hydrogen (secondary N) is 1. The first-order valence-corrected chi connectivity index (χ1v) is 4.73. The highest BCUT2D eigenvalue weighted by molar-refractivity contribution is 7.84. The number of allylic oxidation sites excluding steroid dienone is 1. The lowest BCUT2D eigenvalue weighted by Crippen LogP contribution is -2.22. The maximum absolute atomic E-state index is 4.46. The second-order valence-corrected chi connectivity index (χ2v) is 3.82. The van der Waals surface area contributed by atoms with Crippen molar-refractivity contribution in [1.29, 1.82) is 0 Å². The van der Waals surface area contributed by atoms with Crippen LogP contribution in [0, 0.1) is 5.92 Å². The molecule has 1 N–H and O–H groups in total. The van der Waals surface area contributed by atoms with E-state index in [4.69, 9.17) is 0 Å². The highest BCUT2D eigenvalue weighted by Gasteiger charge is 2.16. The Hall–Kier alpha value is 0.0500. The fourth-order valence-electron chi connectivity index (χ4n) is 1.67. The molecule has 0 saturated heterocycles. The van der Waals surface area contributed by atoms with E-state index in [0.29, 0.717) is 0 Å². The Kier molecular flexibility index (Phi) is 3.46. The SMILES string of the molecule is CNCC1CCCC(S)=C1C. The first kappa shape index (κ1) is 9.14. The zero-order valence-electron chi connectivity index (χ0n) is 7.35. The van der Waals surface area contributed by atoms with Gasteiger partial charge in [-0.3, -0.25) is 0 Å². The Morgan fingerprint density at radius 2 is 2.36 bits per heavy atom. The van der Waals surface area contributed by atoms with E-state index in [1.807, 2.05) is 7.05 Å². The van der Waals surface area contributed by atoms with Crippen LogP contribution in [0.5, 0.6) is 0 Å². The minimum atomic E-state index is 0.737. The van der Waals surface area contributed by atoms with Gasteiger partial charge in [-0.25, -0.2) is 0 Å². The van der Waals surface area contributed by atoms with Crippen molar-refractivity contribution in [2.24, 2.45) is 5.92 Å². The van der Waals surface area contributed by atoms with Gasteiger partial charge in [0.15, 0.2) is 0 Å². The molecule has 11 heavy (non-hydrogen) atoms. The molecule has 0 aromatic heterocycles. The molecule has 0 fully saturated rings. The summed E-state index contributed by atoms with van der Waals surface area (Å²) in [6.45, 7) is 3.32. The van der Waals surface area contributed by atoms with Crippen LogP contribution in [0.15, 0.2) is 10.5 Å². The van der Waals surface area contributed by atoms with Gasteiger partial charge in [0.2, 0.25) is 0 Å². The standard InChI is InChI=1S/C9H17NS/c1-7-8(6-10-2)4-3-5-9(7)11/h8,10-11H,3-6H2,1-2H3. The number of thiol groups is 1. The molecule has 0 bridgehead atoms. The normalized spacial score (nSPS) is 25.9. The van der Waals surface area contributed by atoms with E-state index in [1.54, 1.807) is 0 Å². The zero-order chi connectivity index (χ0) is 8.27. The van der Waals surface area contributed by atoms with Crippen molar-refractivity contribution < 1.29 is 0 Å². The van der Waals surface area contributed by atoms with Crippen molar-refractivity contribution in [2.75, 3.05) is 13.6 Å². The largest absolute Gasteiger partial charge is 0.319 e. The van der Waals surface area contributed by atoms with Gasteiger partial charge in [0.25, 0.3) is 0 Å². The number of hydrogen-bond acceptors (Lipinski definition) is 2. The van der Waals surface area contributed by atoms with Gasteiger partial charge in [0.05, 0.1) is 0 Å². The zero-order valence-corrected chi connectivity index (χ0v) is 8.25. The van der Waals surface area contributed by atoms with Gasteiger partial charge < -0.3 is 5.32 Å². The topological polar surface area (TPSA) is 12.0 Å². The highest BCUT2D eigenvalue weighted by Crippen LogP contribution is 2.30. The smallest absolute Gasteiger partial charge is 0.00141 e. The van der Waals surface area contributed by atoms with E-state index in [9.17, 15) is 0 Å². The van der Waals surface area contributed by atoms with Gasteiger partial charge in [0.1, 0.15) is 0 Å². The van der Waals surface area contributed by atoms with Crippen LogP contribution in [-0.4, -0.2) is 13.6 Å². The van der Waals surface area contributed by atoms with E-state index in [2.05, 4.69) is 24.9 Å². The molecule has 0 aromatic rings. The Morgan fingerprint density at radius 1 is 1.64 bits per heavy atom. The monoisotopic (exact) mass is 171 g/mol. The van der Waals surface area contributed by atoms with E-state index in [1.165, 1.54) is 29.7 Å². The van der Waals surface area contributed by atoms with Gasteiger partial charge in [0, 0.05) is 6.54 Å². The summed E-state index contributed by atoms with van der Waals surface area (Å²) >= 11 is 4.46. The molecule has 1 aliphatic carbocycles. The van der Waals surface area contributed by atoms with E-state index in [-0.39, 0.29) is 0 Å². The fourth-order valence-corrected chi connectivity index (χ4v) is 2.01. The minimum Gasteiger partial charge on any atom is -0.319 e. The Balaban J connectivity index is 2.58. The Labute approximate surface area is 74.7 Å². The van der Waals surface area contributed by atoms with Crippen molar-refractivity contribution in [3.05, 3.63) is 10.5 Å². The van der Waals surface area contributed by atoms with Gasteiger partial charge in [-0.1, -0.05) is 5.57 Å². The Bertz CT molecular complexity index is 163. The maximum Gasteiger partial charge on any atom is 0.00141 e. The lowest BCUT2D eigenvalue weighted by atomic mass is 9.88. The molecule has 64 valence electrons. The predicted octanol–water partition coefficient (Wildman–Crippen LogP) is 2.21. The molecule has 0 spiro atoms. The summed E-state index contributed by atoms with van der Waals surface area (Å²) < 4.78 is 0. The molecule has 1 aliphatic rings. The maximum atomic E-state index is 4.46. The van der Waals surface area contributed by atoms with Crippen molar-refractivity contribution >= 4 is 12.6 Å². The summed E-state index contributed by atoms with van der Waals surface area (Å²) in [6.07, 6.45) is 3.83. The number of rotatable bonds is 2. The molecule has 0 heterocycles. The predicted molar refractivity (Wildman–Crippen MR) is 53.0 cm³/mol. The molecular formula is C9H17NS. The fraction of sp³-hybridized carbons (Fsp3) is 0.778. The van der Waals surface area contributed by atoms with Gasteiger partial charge in [-0.15, -0.1) is 12.6 Å². The van der Waals surface area contributed by atoms with Crippen LogP contribution in [0.2, 0.25) is 0 Å².